The van der Waals surface area contributed by atoms with E-state index in [-0.39, 0.29) is 5.54 Å². The number of hydrogen-bond acceptors (Lipinski definition) is 2. The molecule has 0 radical (unpaired) electrons. The lowest BCUT2D eigenvalue weighted by Gasteiger charge is -2.33. The number of rotatable bonds is 8. The molecule has 1 rings (SSSR count). The summed E-state index contributed by atoms with van der Waals surface area (Å²) in [5.74, 6) is 0. The fourth-order valence-electron chi connectivity index (χ4n) is 2.23. The Bertz CT molecular complexity index is 173. The van der Waals surface area contributed by atoms with Crippen molar-refractivity contribution in [1.29, 1.82) is 0 Å². The molecule has 1 aliphatic carbocycles. The molecule has 1 N–H and O–H groups in total. The molecule has 0 aliphatic heterocycles. The average molecular weight is 212 g/mol. The second-order valence-electron chi connectivity index (χ2n) is 5.47. The lowest BCUT2D eigenvalue weighted by molar-refractivity contribution is 0.191. The van der Waals surface area contributed by atoms with E-state index in [4.69, 9.17) is 0 Å². The van der Waals surface area contributed by atoms with Crippen LogP contribution in [0.4, 0.5) is 0 Å². The monoisotopic (exact) mass is 212 g/mol. The molecule has 1 saturated carbocycles. The summed E-state index contributed by atoms with van der Waals surface area (Å²) in [6.45, 7) is 12.7. The molecule has 0 aromatic heterocycles. The zero-order valence-corrected chi connectivity index (χ0v) is 11.0. The Hall–Kier alpha value is -0.0800. The van der Waals surface area contributed by atoms with Crippen molar-refractivity contribution in [1.82, 2.24) is 10.2 Å². The van der Waals surface area contributed by atoms with E-state index in [1.807, 2.05) is 0 Å². The minimum absolute atomic E-state index is 0.269. The number of nitrogens with zero attached hydrogens (tertiary/aromatic N) is 1. The van der Waals surface area contributed by atoms with Gasteiger partial charge in [0.2, 0.25) is 0 Å². The molecule has 1 fully saturated rings. The van der Waals surface area contributed by atoms with Gasteiger partial charge in [-0.05, 0) is 46.2 Å². The Kier molecular flexibility index (Phi) is 5.07. The van der Waals surface area contributed by atoms with Crippen LogP contribution < -0.4 is 5.32 Å². The van der Waals surface area contributed by atoms with E-state index in [9.17, 15) is 0 Å². The van der Waals surface area contributed by atoms with Crippen LogP contribution in [0.25, 0.3) is 0 Å². The molecule has 1 aliphatic rings. The Morgan fingerprint density at radius 1 is 1.27 bits per heavy atom. The molecule has 0 unspecified atom stereocenters. The SMILES string of the molecule is CCCCN(CC(C)(C)NCC)C1CC1. The molecular formula is C13H28N2. The molecule has 0 amide bonds. The van der Waals surface area contributed by atoms with E-state index in [0.29, 0.717) is 0 Å². The smallest absolute Gasteiger partial charge is 0.0252 e. The molecule has 2 nitrogen and oxygen atoms in total. The van der Waals surface area contributed by atoms with Crippen molar-refractivity contribution in [3.05, 3.63) is 0 Å². The first kappa shape index (κ1) is 13.0. The van der Waals surface area contributed by atoms with E-state index in [1.165, 1.54) is 38.8 Å². The van der Waals surface area contributed by atoms with Crippen molar-refractivity contribution >= 4 is 0 Å². The van der Waals surface area contributed by atoms with Gasteiger partial charge in [0.15, 0.2) is 0 Å². The van der Waals surface area contributed by atoms with Gasteiger partial charge in [-0.3, -0.25) is 4.90 Å². The van der Waals surface area contributed by atoms with Crippen molar-refractivity contribution in [2.45, 2.75) is 65.0 Å². The van der Waals surface area contributed by atoms with Crippen LogP contribution in [-0.4, -0.2) is 36.1 Å². The summed E-state index contributed by atoms with van der Waals surface area (Å²) in [6.07, 6.45) is 5.50. The van der Waals surface area contributed by atoms with Crippen molar-refractivity contribution in [2.24, 2.45) is 0 Å². The first-order valence-electron chi connectivity index (χ1n) is 6.58. The molecule has 90 valence electrons. The summed E-state index contributed by atoms with van der Waals surface area (Å²) in [4.78, 5) is 2.69. The highest BCUT2D eigenvalue weighted by Gasteiger charge is 2.31. The Morgan fingerprint density at radius 2 is 1.93 bits per heavy atom. The van der Waals surface area contributed by atoms with E-state index >= 15 is 0 Å². The van der Waals surface area contributed by atoms with Gasteiger partial charge in [-0.25, -0.2) is 0 Å². The zero-order chi connectivity index (χ0) is 11.3. The fraction of sp³-hybridized carbons (Fsp3) is 1.00. The molecule has 0 aromatic carbocycles. The zero-order valence-electron chi connectivity index (χ0n) is 11.0. The third-order valence-electron chi connectivity index (χ3n) is 3.12. The number of hydrogen-bond donors (Lipinski definition) is 1. The van der Waals surface area contributed by atoms with Crippen LogP contribution >= 0.6 is 0 Å². The topological polar surface area (TPSA) is 15.3 Å². The highest BCUT2D eigenvalue weighted by Crippen LogP contribution is 2.28. The molecule has 0 aromatic rings. The van der Waals surface area contributed by atoms with Crippen LogP contribution in [0, 0.1) is 0 Å². The van der Waals surface area contributed by atoms with Crippen LogP contribution in [0.1, 0.15) is 53.4 Å². The maximum absolute atomic E-state index is 3.57. The molecule has 0 atom stereocenters. The van der Waals surface area contributed by atoms with Crippen LogP contribution in [0.3, 0.4) is 0 Å². The second-order valence-corrected chi connectivity index (χ2v) is 5.47. The van der Waals surface area contributed by atoms with E-state index in [1.54, 1.807) is 0 Å². The number of likely N-dealkylation sites (N-methyl/N-ethyl adjacent to an activating group) is 1. The average Bonchev–Trinajstić information content (AvgIpc) is 2.95. The normalized spacial score (nSPS) is 17.4. The van der Waals surface area contributed by atoms with Crippen molar-refractivity contribution in [2.75, 3.05) is 19.6 Å². The first-order valence-corrected chi connectivity index (χ1v) is 6.58. The third kappa shape index (κ3) is 4.98. The molecule has 15 heavy (non-hydrogen) atoms. The Morgan fingerprint density at radius 3 is 2.40 bits per heavy atom. The minimum Gasteiger partial charge on any atom is -0.311 e. The third-order valence-corrected chi connectivity index (χ3v) is 3.12. The maximum Gasteiger partial charge on any atom is 0.0252 e. The number of unbranched alkanes of at least 4 members (excludes halogenated alkanes) is 1. The molecule has 0 saturated heterocycles. The van der Waals surface area contributed by atoms with Crippen molar-refractivity contribution in [3.63, 3.8) is 0 Å². The van der Waals surface area contributed by atoms with Crippen LogP contribution in [-0.2, 0) is 0 Å². The predicted molar refractivity (Wildman–Crippen MR) is 67.3 cm³/mol. The van der Waals surface area contributed by atoms with Gasteiger partial charge in [0.1, 0.15) is 0 Å². The van der Waals surface area contributed by atoms with Crippen LogP contribution in [0.2, 0.25) is 0 Å². The number of nitrogens with one attached hydrogen (secondary N) is 1. The molecule has 0 bridgehead atoms. The fourth-order valence-corrected chi connectivity index (χ4v) is 2.23. The van der Waals surface area contributed by atoms with Gasteiger partial charge < -0.3 is 5.32 Å². The van der Waals surface area contributed by atoms with E-state index in [2.05, 4.69) is 37.9 Å². The van der Waals surface area contributed by atoms with Crippen LogP contribution in [0.5, 0.6) is 0 Å². The summed E-state index contributed by atoms with van der Waals surface area (Å²) in [6, 6.07) is 0.898. The van der Waals surface area contributed by atoms with Crippen LogP contribution in [0.15, 0.2) is 0 Å². The second kappa shape index (κ2) is 5.86. The summed E-state index contributed by atoms with van der Waals surface area (Å²) >= 11 is 0. The van der Waals surface area contributed by atoms with Gasteiger partial charge in [0.05, 0.1) is 0 Å². The summed E-state index contributed by atoms with van der Waals surface area (Å²) in [5.41, 5.74) is 0.269. The lowest BCUT2D eigenvalue weighted by Crippen LogP contribution is -2.49. The Balaban J connectivity index is 2.35. The molecule has 2 heteroatoms. The summed E-state index contributed by atoms with van der Waals surface area (Å²) < 4.78 is 0. The largest absolute Gasteiger partial charge is 0.311 e. The molecule has 0 spiro atoms. The van der Waals surface area contributed by atoms with Crippen molar-refractivity contribution < 1.29 is 0 Å². The first-order chi connectivity index (χ1) is 7.09. The quantitative estimate of drug-likeness (QED) is 0.665. The van der Waals surface area contributed by atoms with Gasteiger partial charge in [0.25, 0.3) is 0 Å². The standard InChI is InChI=1S/C13H28N2/c1-5-7-10-15(12-8-9-12)11-13(3,4)14-6-2/h12,14H,5-11H2,1-4H3. The van der Waals surface area contributed by atoms with Crippen molar-refractivity contribution in [3.8, 4) is 0 Å². The van der Waals surface area contributed by atoms with Gasteiger partial charge >= 0.3 is 0 Å². The lowest BCUT2D eigenvalue weighted by atomic mass is 10.0. The van der Waals surface area contributed by atoms with E-state index in [0.717, 1.165) is 12.6 Å². The minimum atomic E-state index is 0.269. The van der Waals surface area contributed by atoms with Gasteiger partial charge in [-0.1, -0.05) is 20.3 Å². The molecular weight excluding hydrogens is 184 g/mol. The molecule has 0 heterocycles. The van der Waals surface area contributed by atoms with Gasteiger partial charge in [0, 0.05) is 18.1 Å². The summed E-state index contributed by atoms with van der Waals surface area (Å²) in [5, 5.41) is 3.57. The maximum atomic E-state index is 3.57. The Labute approximate surface area is 95.4 Å². The summed E-state index contributed by atoms with van der Waals surface area (Å²) in [7, 11) is 0. The highest BCUT2D eigenvalue weighted by atomic mass is 15.2. The highest BCUT2D eigenvalue weighted by molar-refractivity contribution is 4.90. The van der Waals surface area contributed by atoms with Gasteiger partial charge in [-0.2, -0.15) is 0 Å². The van der Waals surface area contributed by atoms with Gasteiger partial charge in [-0.15, -0.1) is 0 Å². The predicted octanol–water partition coefficient (Wildman–Crippen LogP) is 2.64. The van der Waals surface area contributed by atoms with E-state index < -0.39 is 0 Å².